The molecule has 3 heterocycles. The monoisotopic (exact) mass is 441 g/mol. The molecule has 0 fully saturated rings. The van der Waals surface area contributed by atoms with Crippen molar-refractivity contribution in [3.05, 3.63) is 76.0 Å². The van der Waals surface area contributed by atoms with Crippen molar-refractivity contribution in [2.45, 2.75) is 0 Å². The highest BCUT2D eigenvalue weighted by Gasteiger charge is 2.22. The molecule has 0 spiro atoms. The number of carboxylic acid groups (broad SMARTS) is 1. The van der Waals surface area contributed by atoms with Gasteiger partial charge in [-0.2, -0.15) is 0 Å². The van der Waals surface area contributed by atoms with Crippen LogP contribution in [0.3, 0.4) is 0 Å². The second-order valence-electron chi connectivity index (χ2n) is 5.71. The van der Waals surface area contributed by atoms with E-state index in [0.717, 1.165) is 10.0 Å². The normalized spacial score (nSPS) is 10.9. The van der Waals surface area contributed by atoms with Gasteiger partial charge >= 0.3 is 5.97 Å². The number of carboxylic acids is 1. The number of fused-ring (bicyclic) bond motifs is 1. The lowest BCUT2D eigenvalue weighted by Gasteiger charge is -2.05. The lowest BCUT2D eigenvalue weighted by Crippen LogP contribution is -2.14. The lowest BCUT2D eigenvalue weighted by atomic mass is 10.0. The van der Waals surface area contributed by atoms with E-state index in [1.165, 1.54) is 11.3 Å². The van der Waals surface area contributed by atoms with Gasteiger partial charge in [0.05, 0.1) is 0 Å². The Morgan fingerprint density at radius 3 is 2.63 bits per heavy atom. The predicted molar refractivity (Wildman–Crippen MR) is 108 cm³/mol. The van der Waals surface area contributed by atoms with Crippen LogP contribution in [0.25, 0.3) is 16.8 Å². The van der Waals surface area contributed by atoms with Crippen LogP contribution in [0.1, 0.15) is 20.8 Å². The van der Waals surface area contributed by atoms with E-state index in [-0.39, 0.29) is 16.3 Å². The number of nitrogens with one attached hydrogen (secondary N) is 1. The number of nitrogens with zero attached hydrogens (tertiary/aromatic N) is 2. The van der Waals surface area contributed by atoms with E-state index < -0.39 is 11.9 Å². The number of aromatic nitrogens is 2. The van der Waals surface area contributed by atoms with Crippen LogP contribution in [0.4, 0.5) is 5.00 Å². The Bertz CT molecular complexity index is 1130. The van der Waals surface area contributed by atoms with Gasteiger partial charge in [-0.15, -0.1) is 11.3 Å². The molecule has 8 heteroatoms. The van der Waals surface area contributed by atoms with Gasteiger partial charge in [-0.3, -0.25) is 4.79 Å². The molecule has 0 radical (unpaired) electrons. The summed E-state index contributed by atoms with van der Waals surface area (Å²) in [4.78, 5) is 28.7. The number of halogens is 1. The number of anilines is 1. The standard InChI is InChI=1S/C19H12BrN3O3S/c20-12-6-4-11(5-7-12)13-10-27-18(16(13)19(25)26)22-17(24)14-9-23-8-2-1-3-15(23)21-14/h1-10H,(H,22,24)(H,25,26). The molecule has 27 heavy (non-hydrogen) atoms. The Morgan fingerprint density at radius 1 is 1.15 bits per heavy atom. The number of pyridine rings is 1. The first-order chi connectivity index (χ1) is 13.0. The minimum atomic E-state index is -1.10. The van der Waals surface area contributed by atoms with E-state index in [1.54, 1.807) is 28.2 Å². The van der Waals surface area contributed by atoms with Crippen LogP contribution in [0.2, 0.25) is 0 Å². The van der Waals surface area contributed by atoms with Gasteiger partial charge < -0.3 is 14.8 Å². The summed E-state index contributed by atoms with van der Waals surface area (Å²) in [7, 11) is 0. The van der Waals surface area contributed by atoms with Crippen molar-refractivity contribution in [2.24, 2.45) is 0 Å². The Hall–Kier alpha value is -2.97. The van der Waals surface area contributed by atoms with Gasteiger partial charge in [-0.05, 0) is 29.8 Å². The Kier molecular flexibility index (Phi) is 4.51. The van der Waals surface area contributed by atoms with Crippen molar-refractivity contribution in [1.29, 1.82) is 0 Å². The fraction of sp³-hybridized carbons (Fsp3) is 0. The van der Waals surface area contributed by atoms with Crippen LogP contribution < -0.4 is 5.32 Å². The molecular weight excluding hydrogens is 430 g/mol. The number of carbonyl (C=O) groups excluding carboxylic acids is 1. The van der Waals surface area contributed by atoms with Crippen LogP contribution in [0.5, 0.6) is 0 Å². The molecule has 0 aliphatic rings. The molecule has 0 saturated carbocycles. The first kappa shape index (κ1) is 17.4. The summed E-state index contributed by atoms with van der Waals surface area (Å²) in [5.74, 6) is -1.55. The number of thiophene rings is 1. The maximum Gasteiger partial charge on any atom is 0.339 e. The topological polar surface area (TPSA) is 83.7 Å². The van der Waals surface area contributed by atoms with Crippen LogP contribution in [-0.2, 0) is 0 Å². The number of benzene rings is 1. The fourth-order valence-electron chi connectivity index (χ4n) is 2.72. The molecule has 4 aromatic rings. The summed E-state index contributed by atoms with van der Waals surface area (Å²) in [6, 6.07) is 12.8. The number of imidazole rings is 1. The maximum atomic E-state index is 12.6. The molecule has 0 aliphatic heterocycles. The number of hydrogen-bond acceptors (Lipinski definition) is 4. The summed E-state index contributed by atoms with van der Waals surface area (Å²) >= 11 is 4.54. The maximum absolute atomic E-state index is 12.6. The number of aromatic carboxylic acids is 1. The predicted octanol–water partition coefficient (Wildman–Crippen LogP) is 4.78. The molecule has 1 aromatic carbocycles. The molecular formula is C19H12BrN3O3S. The quantitative estimate of drug-likeness (QED) is 0.477. The summed E-state index contributed by atoms with van der Waals surface area (Å²) in [5, 5.41) is 14.4. The smallest absolute Gasteiger partial charge is 0.339 e. The van der Waals surface area contributed by atoms with Gasteiger partial charge in [0.2, 0.25) is 0 Å². The van der Waals surface area contributed by atoms with E-state index in [0.29, 0.717) is 11.2 Å². The average Bonchev–Trinajstić information content (AvgIpc) is 3.26. The number of rotatable bonds is 4. The highest BCUT2D eigenvalue weighted by Crippen LogP contribution is 2.36. The molecule has 0 unspecified atom stereocenters. The molecule has 134 valence electrons. The zero-order valence-corrected chi connectivity index (χ0v) is 16.1. The first-order valence-corrected chi connectivity index (χ1v) is 9.56. The number of hydrogen-bond donors (Lipinski definition) is 2. The molecule has 0 atom stereocenters. The second kappa shape index (κ2) is 6.98. The van der Waals surface area contributed by atoms with Gasteiger partial charge in [0.15, 0.2) is 0 Å². The Balaban J connectivity index is 1.68. The third-order valence-corrected chi connectivity index (χ3v) is 5.41. The number of amides is 1. The van der Waals surface area contributed by atoms with E-state index in [4.69, 9.17) is 0 Å². The minimum Gasteiger partial charge on any atom is -0.478 e. The van der Waals surface area contributed by atoms with Gasteiger partial charge in [-0.25, -0.2) is 9.78 Å². The molecule has 0 saturated heterocycles. The third kappa shape index (κ3) is 3.36. The van der Waals surface area contributed by atoms with Crippen LogP contribution >= 0.6 is 27.3 Å². The van der Waals surface area contributed by atoms with Crippen molar-refractivity contribution < 1.29 is 14.7 Å². The van der Waals surface area contributed by atoms with E-state index >= 15 is 0 Å². The van der Waals surface area contributed by atoms with Gasteiger partial charge in [0.1, 0.15) is 21.9 Å². The second-order valence-corrected chi connectivity index (χ2v) is 7.51. The van der Waals surface area contributed by atoms with Gasteiger partial charge in [0.25, 0.3) is 5.91 Å². The van der Waals surface area contributed by atoms with Crippen LogP contribution in [0.15, 0.2) is 64.7 Å². The Morgan fingerprint density at radius 2 is 1.93 bits per heavy atom. The van der Waals surface area contributed by atoms with Gasteiger partial charge in [0, 0.05) is 27.8 Å². The first-order valence-electron chi connectivity index (χ1n) is 7.89. The van der Waals surface area contributed by atoms with E-state index in [1.807, 2.05) is 36.4 Å². The number of carbonyl (C=O) groups is 2. The summed E-state index contributed by atoms with van der Waals surface area (Å²) in [5.41, 5.74) is 2.25. The zero-order valence-electron chi connectivity index (χ0n) is 13.7. The van der Waals surface area contributed by atoms with Crippen molar-refractivity contribution in [3.8, 4) is 11.1 Å². The van der Waals surface area contributed by atoms with Crippen LogP contribution in [0, 0.1) is 0 Å². The molecule has 2 N–H and O–H groups in total. The third-order valence-electron chi connectivity index (χ3n) is 3.98. The van der Waals surface area contributed by atoms with Crippen molar-refractivity contribution in [1.82, 2.24) is 9.38 Å². The van der Waals surface area contributed by atoms with Crippen LogP contribution in [-0.4, -0.2) is 26.4 Å². The molecule has 1 amide bonds. The van der Waals surface area contributed by atoms with Crippen molar-refractivity contribution in [3.63, 3.8) is 0 Å². The zero-order chi connectivity index (χ0) is 19.0. The fourth-order valence-corrected chi connectivity index (χ4v) is 3.94. The van der Waals surface area contributed by atoms with E-state index in [2.05, 4.69) is 26.2 Å². The highest BCUT2D eigenvalue weighted by molar-refractivity contribution is 9.10. The van der Waals surface area contributed by atoms with Crippen molar-refractivity contribution in [2.75, 3.05) is 5.32 Å². The molecule has 0 aliphatic carbocycles. The SMILES string of the molecule is O=C(Nc1scc(-c2ccc(Br)cc2)c1C(=O)O)c1cn2ccccc2n1. The van der Waals surface area contributed by atoms with Gasteiger partial charge in [-0.1, -0.05) is 34.1 Å². The summed E-state index contributed by atoms with van der Waals surface area (Å²) in [6.45, 7) is 0. The summed E-state index contributed by atoms with van der Waals surface area (Å²) in [6.07, 6.45) is 3.40. The largest absolute Gasteiger partial charge is 0.478 e. The lowest BCUT2D eigenvalue weighted by molar-refractivity contribution is 0.0699. The molecule has 3 aromatic heterocycles. The molecule has 6 nitrogen and oxygen atoms in total. The molecule has 4 rings (SSSR count). The minimum absolute atomic E-state index is 0.0689. The highest BCUT2D eigenvalue weighted by atomic mass is 79.9. The van der Waals surface area contributed by atoms with E-state index in [9.17, 15) is 14.7 Å². The van der Waals surface area contributed by atoms with Crippen molar-refractivity contribution >= 4 is 49.8 Å². The molecule has 0 bridgehead atoms. The Labute approximate surface area is 166 Å². The average molecular weight is 442 g/mol. The summed E-state index contributed by atoms with van der Waals surface area (Å²) < 4.78 is 2.63.